The van der Waals surface area contributed by atoms with Crippen molar-refractivity contribution in [3.05, 3.63) is 28.8 Å². The van der Waals surface area contributed by atoms with Crippen molar-refractivity contribution in [2.45, 2.75) is 4.90 Å². The fourth-order valence-corrected chi connectivity index (χ4v) is 1.59. The lowest BCUT2D eigenvalue weighted by atomic mass is 10.2. The molecule has 0 saturated carbocycles. The standard InChI is InChI=1S/C8H4ClNO2S/c9-5-1-2-6(8(11)12)7(3-5)13-4-10/h1-3H,(H,11,12). The smallest absolute Gasteiger partial charge is 0.336 e. The van der Waals surface area contributed by atoms with Crippen LogP contribution in [0.1, 0.15) is 10.4 Å². The van der Waals surface area contributed by atoms with E-state index < -0.39 is 5.97 Å². The normalized spacial score (nSPS) is 9.23. The highest BCUT2D eigenvalue weighted by Gasteiger charge is 2.10. The summed E-state index contributed by atoms with van der Waals surface area (Å²) in [7, 11) is 0. The monoisotopic (exact) mass is 213 g/mol. The van der Waals surface area contributed by atoms with Gasteiger partial charge in [-0.05, 0) is 30.0 Å². The Morgan fingerprint density at radius 2 is 2.31 bits per heavy atom. The molecule has 1 rings (SSSR count). The summed E-state index contributed by atoms with van der Waals surface area (Å²) in [5, 5.41) is 19.3. The molecule has 0 aliphatic heterocycles. The molecule has 1 N–H and O–H groups in total. The van der Waals surface area contributed by atoms with Gasteiger partial charge in [0.2, 0.25) is 0 Å². The number of carbonyl (C=O) groups is 1. The van der Waals surface area contributed by atoms with Gasteiger partial charge in [0.05, 0.1) is 5.56 Å². The zero-order valence-corrected chi connectivity index (χ0v) is 7.89. The summed E-state index contributed by atoms with van der Waals surface area (Å²) in [4.78, 5) is 11.0. The number of rotatable bonds is 2. The van der Waals surface area contributed by atoms with E-state index in [0.717, 1.165) is 11.8 Å². The Hall–Kier alpha value is -1.18. The van der Waals surface area contributed by atoms with Gasteiger partial charge < -0.3 is 5.11 Å². The van der Waals surface area contributed by atoms with Crippen molar-refractivity contribution in [2.24, 2.45) is 0 Å². The molecule has 0 radical (unpaired) electrons. The highest BCUT2D eigenvalue weighted by Crippen LogP contribution is 2.25. The molecular weight excluding hydrogens is 210 g/mol. The first-order valence-electron chi connectivity index (χ1n) is 3.24. The van der Waals surface area contributed by atoms with E-state index in [1.807, 2.05) is 0 Å². The minimum Gasteiger partial charge on any atom is -0.478 e. The van der Waals surface area contributed by atoms with E-state index in [2.05, 4.69) is 0 Å². The second-order valence-corrected chi connectivity index (χ2v) is 3.40. The topological polar surface area (TPSA) is 61.1 Å². The summed E-state index contributed by atoms with van der Waals surface area (Å²) in [5.74, 6) is -1.06. The number of nitrogens with zero attached hydrogens (tertiary/aromatic N) is 1. The first-order valence-corrected chi connectivity index (χ1v) is 4.43. The molecule has 0 spiro atoms. The van der Waals surface area contributed by atoms with E-state index in [9.17, 15) is 4.79 Å². The third-order valence-corrected chi connectivity index (χ3v) is 2.21. The highest BCUT2D eigenvalue weighted by molar-refractivity contribution is 8.03. The van der Waals surface area contributed by atoms with Gasteiger partial charge in [-0.15, -0.1) is 0 Å². The molecular formula is C8H4ClNO2S. The van der Waals surface area contributed by atoms with Crippen LogP contribution < -0.4 is 0 Å². The number of thiocyanates is 1. The van der Waals surface area contributed by atoms with E-state index in [0.29, 0.717) is 9.92 Å². The van der Waals surface area contributed by atoms with Crippen LogP contribution in [0.2, 0.25) is 5.02 Å². The summed E-state index contributed by atoms with van der Waals surface area (Å²) in [5.41, 5.74) is 0.0935. The van der Waals surface area contributed by atoms with Crippen molar-refractivity contribution in [3.8, 4) is 5.40 Å². The molecule has 0 aromatic heterocycles. The molecule has 0 fully saturated rings. The number of carboxylic acids is 1. The van der Waals surface area contributed by atoms with Crippen molar-refractivity contribution in [1.82, 2.24) is 0 Å². The average molecular weight is 214 g/mol. The number of benzene rings is 1. The van der Waals surface area contributed by atoms with E-state index in [4.69, 9.17) is 22.0 Å². The number of halogens is 1. The number of hydrogen-bond acceptors (Lipinski definition) is 3. The molecule has 0 aliphatic rings. The Bertz CT molecular complexity index is 386. The quantitative estimate of drug-likeness (QED) is 0.606. The Kier molecular flexibility index (Phi) is 3.18. The molecule has 13 heavy (non-hydrogen) atoms. The summed E-state index contributed by atoms with van der Waals surface area (Å²) in [6.07, 6.45) is 0. The zero-order valence-electron chi connectivity index (χ0n) is 6.32. The predicted molar refractivity (Wildman–Crippen MR) is 49.9 cm³/mol. The largest absolute Gasteiger partial charge is 0.478 e. The fourth-order valence-electron chi connectivity index (χ4n) is 0.806. The van der Waals surface area contributed by atoms with Gasteiger partial charge >= 0.3 is 5.97 Å². The molecule has 0 heterocycles. The number of nitriles is 1. The van der Waals surface area contributed by atoms with Crippen LogP contribution >= 0.6 is 23.4 Å². The van der Waals surface area contributed by atoms with Crippen molar-refractivity contribution in [2.75, 3.05) is 0 Å². The molecule has 5 heteroatoms. The minimum atomic E-state index is -1.06. The Morgan fingerprint density at radius 1 is 1.62 bits per heavy atom. The number of carboxylic acid groups (broad SMARTS) is 1. The predicted octanol–water partition coefficient (Wildman–Crippen LogP) is 2.61. The summed E-state index contributed by atoms with van der Waals surface area (Å²) in [6, 6.07) is 4.32. The van der Waals surface area contributed by atoms with Gasteiger partial charge in [0.1, 0.15) is 5.40 Å². The van der Waals surface area contributed by atoms with Crippen molar-refractivity contribution in [3.63, 3.8) is 0 Å². The van der Waals surface area contributed by atoms with Crippen LogP contribution in [0.15, 0.2) is 23.1 Å². The van der Waals surface area contributed by atoms with Gasteiger partial charge in [0, 0.05) is 9.92 Å². The average Bonchev–Trinajstić information content (AvgIpc) is 2.04. The zero-order chi connectivity index (χ0) is 9.84. The second-order valence-electron chi connectivity index (χ2n) is 2.14. The lowest BCUT2D eigenvalue weighted by Gasteiger charge is -2.00. The van der Waals surface area contributed by atoms with E-state index >= 15 is 0 Å². The number of thioether (sulfide) groups is 1. The Labute approximate surface area is 83.9 Å². The van der Waals surface area contributed by atoms with Crippen LogP contribution in [0.3, 0.4) is 0 Å². The second kappa shape index (κ2) is 4.17. The summed E-state index contributed by atoms with van der Waals surface area (Å²) < 4.78 is 0. The molecule has 0 bridgehead atoms. The van der Waals surface area contributed by atoms with Gasteiger partial charge in [-0.1, -0.05) is 11.6 Å². The lowest BCUT2D eigenvalue weighted by molar-refractivity contribution is 0.0693. The molecule has 3 nitrogen and oxygen atoms in total. The summed E-state index contributed by atoms with van der Waals surface area (Å²) >= 11 is 6.43. The maximum absolute atomic E-state index is 10.6. The van der Waals surface area contributed by atoms with Crippen LogP contribution in [0.25, 0.3) is 0 Å². The van der Waals surface area contributed by atoms with Gasteiger partial charge in [0.15, 0.2) is 0 Å². The van der Waals surface area contributed by atoms with Crippen molar-refractivity contribution >= 4 is 29.3 Å². The first kappa shape index (κ1) is 9.90. The third kappa shape index (κ3) is 2.38. The maximum atomic E-state index is 10.6. The van der Waals surface area contributed by atoms with Crippen LogP contribution in [-0.4, -0.2) is 11.1 Å². The van der Waals surface area contributed by atoms with Crippen LogP contribution in [0.5, 0.6) is 0 Å². The number of aromatic carboxylic acids is 1. The molecule has 0 aliphatic carbocycles. The van der Waals surface area contributed by atoms with Crippen molar-refractivity contribution in [1.29, 1.82) is 5.26 Å². The molecule has 1 aromatic carbocycles. The minimum absolute atomic E-state index is 0.0935. The molecule has 1 aromatic rings. The van der Waals surface area contributed by atoms with Crippen LogP contribution in [-0.2, 0) is 0 Å². The maximum Gasteiger partial charge on any atom is 0.336 e. The summed E-state index contributed by atoms with van der Waals surface area (Å²) in [6.45, 7) is 0. The molecule has 66 valence electrons. The van der Waals surface area contributed by atoms with E-state index in [-0.39, 0.29) is 5.56 Å². The van der Waals surface area contributed by atoms with Gasteiger partial charge in [0.25, 0.3) is 0 Å². The molecule has 0 saturated heterocycles. The van der Waals surface area contributed by atoms with Crippen LogP contribution in [0.4, 0.5) is 0 Å². The van der Waals surface area contributed by atoms with Crippen molar-refractivity contribution < 1.29 is 9.90 Å². The van der Waals surface area contributed by atoms with Gasteiger partial charge in [-0.2, -0.15) is 5.26 Å². The fraction of sp³-hybridized carbons (Fsp3) is 0. The first-order chi connectivity index (χ1) is 6.15. The molecule has 0 atom stereocenters. The molecule has 0 amide bonds. The van der Waals surface area contributed by atoms with Crippen LogP contribution in [0, 0.1) is 10.7 Å². The SMILES string of the molecule is N#CSc1cc(Cl)ccc1C(=O)O. The third-order valence-electron chi connectivity index (χ3n) is 1.33. The van der Waals surface area contributed by atoms with E-state index in [1.54, 1.807) is 5.40 Å². The lowest BCUT2D eigenvalue weighted by Crippen LogP contribution is -1.97. The van der Waals surface area contributed by atoms with Gasteiger partial charge in [-0.25, -0.2) is 4.79 Å². The Balaban J connectivity index is 3.20. The van der Waals surface area contributed by atoms with E-state index in [1.165, 1.54) is 18.2 Å². The Morgan fingerprint density at radius 3 is 2.85 bits per heavy atom. The van der Waals surface area contributed by atoms with Gasteiger partial charge in [-0.3, -0.25) is 0 Å². The molecule has 0 unspecified atom stereocenters. The number of hydrogen-bond donors (Lipinski definition) is 1. The highest BCUT2D eigenvalue weighted by atomic mass is 35.5.